The predicted octanol–water partition coefficient (Wildman–Crippen LogP) is 2.81. The summed E-state index contributed by atoms with van der Waals surface area (Å²) >= 11 is 0. The van der Waals surface area contributed by atoms with Crippen molar-refractivity contribution in [1.82, 2.24) is 19.7 Å². The Kier molecular flexibility index (Phi) is 5.43. The Morgan fingerprint density at radius 3 is 2.55 bits per heavy atom. The zero-order chi connectivity index (χ0) is 22.0. The lowest BCUT2D eigenvalue weighted by atomic mass is 10.2. The number of aromatic nitrogens is 3. The fourth-order valence-corrected chi connectivity index (χ4v) is 4.50. The van der Waals surface area contributed by atoms with Crippen LogP contribution >= 0.6 is 0 Å². The molecule has 9 heteroatoms. The molecule has 0 fully saturated rings. The van der Waals surface area contributed by atoms with Crippen molar-refractivity contribution >= 4 is 21.5 Å². The molecular weight excluding hydrogens is 416 g/mol. The van der Waals surface area contributed by atoms with Crippen LogP contribution in [0.2, 0.25) is 0 Å². The minimum absolute atomic E-state index is 0.182. The van der Waals surface area contributed by atoms with Crippen molar-refractivity contribution in [2.75, 3.05) is 7.11 Å². The molecule has 0 saturated heterocycles. The molecular formula is C22H20N4O4S. The van der Waals surface area contributed by atoms with Crippen molar-refractivity contribution < 1.29 is 17.9 Å². The van der Waals surface area contributed by atoms with Crippen LogP contribution in [0.3, 0.4) is 0 Å². The van der Waals surface area contributed by atoms with Gasteiger partial charge >= 0.3 is 0 Å². The summed E-state index contributed by atoms with van der Waals surface area (Å²) < 4.78 is 32.7. The first-order chi connectivity index (χ1) is 14.9. The molecule has 4 rings (SSSR count). The van der Waals surface area contributed by atoms with Crippen molar-refractivity contribution in [3.8, 4) is 5.75 Å². The molecule has 158 valence electrons. The Morgan fingerprint density at radius 1 is 1.10 bits per heavy atom. The van der Waals surface area contributed by atoms with E-state index in [4.69, 9.17) is 4.74 Å². The molecule has 0 aliphatic rings. The quantitative estimate of drug-likeness (QED) is 0.499. The largest absolute Gasteiger partial charge is 0.496 e. The zero-order valence-corrected chi connectivity index (χ0v) is 17.8. The second-order valence-electron chi connectivity index (χ2n) is 6.94. The minimum Gasteiger partial charge on any atom is -0.496 e. The highest BCUT2D eigenvalue weighted by atomic mass is 32.2. The maximum atomic E-state index is 12.9. The highest BCUT2D eigenvalue weighted by molar-refractivity contribution is 7.91. The SMILES string of the molecule is COc1ccc(S(=O)(=O)c2ccc(CNC(=O)c3cnc4nccn4c3)cc2)cc1C. The number of hydrogen-bond donors (Lipinski definition) is 1. The van der Waals surface area contributed by atoms with E-state index in [1.165, 1.54) is 24.4 Å². The summed E-state index contributed by atoms with van der Waals surface area (Å²) in [4.78, 5) is 20.9. The Hall–Kier alpha value is -3.72. The first kappa shape index (κ1) is 20.5. The van der Waals surface area contributed by atoms with Crippen LogP contribution in [0.5, 0.6) is 5.75 Å². The summed E-state index contributed by atoms with van der Waals surface area (Å²) in [5.74, 6) is 0.862. The third kappa shape index (κ3) is 4.13. The number of amides is 1. The van der Waals surface area contributed by atoms with Crippen LogP contribution in [0.4, 0.5) is 0 Å². The van der Waals surface area contributed by atoms with Gasteiger partial charge in [-0.2, -0.15) is 0 Å². The zero-order valence-electron chi connectivity index (χ0n) is 16.9. The monoisotopic (exact) mass is 436 g/mol. The van der Waals surface area contributed by atoms with Gasteiger partial charge in [-0.05, 0) is 48.4 Å². The van der Waals surface area contributed by atoms with Crippen molar-refractivity contribution in [1.29, 1.82) is 0 Å². The number of ether oxygens (including phenoxy) is 1. The molecule has 2 aromatic carbocycles. The second-order valence-corrected chi connectivity index (χ2v) is 8.89. The summed E-state index contributed by atoms with van der Waals surface area (Å²) in [6.07, 6.45) is 6.43. The highest BCUT2D eigenvalue weighted by Crippen LogP contribution is 2.26. The van der Waals surface area contributed by atoms with Crippen LogP contribution in [-0.4, -0.2) is 35.8 Å². The molecule has 2 aromatic heterocycles. The van der Waals surface area contributed by atoms with Gasteiger partial charge in [0.1, 0.15) is 5.75 Å². The van der Waals surface area contributed by atoms with Crippen LogP contribution in [-0.2, 0) is 16.4 Å². The Balaban J connectivity index is 1.46. The first-order valence-corrected chi connectivity index (χ1v) is 10.9. The number of imidazole rings is 1. The number of carbonyl (C=O) groups is 1. The Bertz CT molecular complexity index is 1360. The van der Waals surface area contributed by atoms with Gasteiger partial charge in [0, 0.05) is 31.3 Å². The van der Waals surface area contributed by atoms with Crippen LogP contribution in [0.1, 0.15) is 21.5 Å². The van der Waals surface area contributed by atoms with Gasteiger partial charge in [0.25, 0.3) is 5.91 Å². The lowest BCUT2D eigenvalue weighted by Gasteiger charge is -2.10. The van der Waals surface area contributed by atoms with Gasteiger partial charge in [-0.15, -0.1) is 0 Å². The molecule has 0 spiro atoms. The number of aryl methyl sites for hydroxylation is 1. The van der Waals surface area contributed by atoms with Crippen molar-refractivity contribution in [3.05, 3.63) is 83.9 Å². The van der Waals surface area contributed by atoms with Gasteiger partial charge in [-0.3, -0.25) is 9.20 Å². The summed E-state index contributed by atoms with van der Waals surface area (Å²) in [6, 6.07) is 11.2. The molecule has 31 heavy (non-hydrogen) atoms. The average molecular weight is 436 g/mol. The maximum absolute atomic E-state index is 12.9. The number of methoxy groups -OCH3 is 1. The van der Waals surface area contributed by atoms with Crippen molar-refractivity contribution in [2.24, 2.45) is 0 Å². The molecule has 4 aromatic rings. The first-order valence-electron chi connectivity index (χ1n) is 9.44. The van der Waals surface area contributed by atoms with E-state index in [9.17, 15) is 13.2 Å². The topological polar surface area (TPSA) is 103 Å². The molecule has 0 unspecified atom stereocenters. The van der Waals surface area contributed by atoms with E-state index in [-0.39, 0.29) is 22.2 Å². The van der Waals surface area contributed by atoms with Crippen molar-refractivity contribution in [2.45, 2.75) is 23.3 Å². The second kappa shape index (κ2) is 8.19. The number of nitrogens with one attached hydrogen (secondary N) is 1. The lowest BCUT2D eigenvalue weighted by Crippen LogP contribution is -2.23. The fraction of sp³-hybridized carbons (Fsp3) is 0.136. The summed E-state index contributed by atoms with van der Waals surface area (Å²) in [7, 11) is -2.11. The average Bonchev–Trinajstić information content (AvgIpc) is 3.25. The third-order valence-electron chi connectivity index (χ3n) is 4.87. The molecule has 2 heterocycles. The maximum Gasteiger partial charge on any atom is 0.254 e. The van der Waals surface area contributed by atoms with Gasteiger partial charge < -0.3 is 10.1 Å². The molecule has 0 atom stereocenters. The fourth-order valence-electron chi connectivity index (χ4n) is 3.16. The predicted molar refractivity (Wildman–Crippen MR) is 114 cm³/mol. The van der Waals surface area contributed by atoms with Crippen LogP contribution in [0.25, 0.3) is 5.78 Å². The van der Waals surface area contributed by atoms with Gasteiger partial charge in [0.15, 0.2) is 0 Å². The van der Waals surface area contributed by atoms with E-state index in [1.54, 1.807) is 61.3 Å². The lowest BCUT2D eigenvalue weighted by molar-refractivity contribution is 0.0950. The van der Waals surface area contributed by atoms with Gasteiger partial charge in [-0.25, -0.2) is 18.4 Å². The Morgan fingerprint density at radius 2 is 1.84 bits per heavy atom. The number of nitrogens with zero attached hydrogens (tertiary/aromatic N) is 3. The Labute approximate surface area is 179 Å². The van der Waals surface area contributed by atoms with Crippen LogP contribution in [0.15, 0.2) is 77.0 Å². The van der Waals surface area contributed by atoms with E-state index in [0.717, 1.165) is 11.1 Å². The normalized spacial score (nSPS) is 11.4. The van der Waals surface area contributed by atoms with E-state index in [2.05, 4.69) is 15.3 Å². The van der Waals surface area contributed by atoms with Crippen LogP contribution < -0.4 is 10.1 Å². The number of carbonyl (C=O) groups excluding carboxylic acids is 1. The summed E-state index contributed by atoms with van der Waals surface area (Å²) in [5, 5.41) is 2.81. The minimum atomic E-state index is -3.65. The molecule has 0 aliphatic heterocycles. The van der Waals surface area contributed by atoms with Gasteiger partial charge in [-0.1, -0.05) is 12.1 Å². The van der Waals surface area contributed by atoms with E-state index < -0.39 is 9.84 Å². The molecule has 8 nitrogen and oxygen atoms in total. The molecule has 0 aliphatic carbocycles. The molecule has 1 amide bonds. The number of benzene rings is 2. The smallest absolute Gasteiger partial charge is 0.254 e. The molecule has 1 N–H and O–H groups in total. The standard InChI is InChI=1S/C22H20N4O4S/c1-15-11-19(7-8-20(15)30-2)31(28,29)18-5-3-16(4-6-18)12-24-21(27)17-13-25-22-23-9-10-26(22)14-17/h3-11,13-14H,12H2,1-2H3,(H,24,27). The number of rotatable bonds is 6. The third-order valence-corrected chi connectivity index (χ3v) is 6.64. The van der Waals surface area contributed by atoms with Gasteiger partial charge in [0.05, 0.1) is 22.5 Å². The number of sulfone groups is 1. The number of hydrogen-bond acceptors (Lipinski definition) is 6. The highest BCUT2D eigenvalue weighted by Gasteiger charge is 2.18. The number of fused-ring (bicyclic) bond motifs is 1. The van der Waals surface area contributed by atoms with Crippen LogP contribution in [0, 0.1) is 6.92 Å². The van der Waals surface area contributed by atoms with E-state index in [1.807, 2.05) is 0 Å². The molecule has 0 radical (unpaired) electrons. The van der Waals surface area contributed by atoms with Gasteiger partial charge in [0.2, 0.25) is 15.6 Å². The van der Waals surface area contributed by atoms with E-state index >= 15 is 0 Å². The van der Waals surface area contributed by atoms with E-state index in [0.29, 0.717) is 17.1 Å². The molecule has 0 saturated carbocycles. The summed E-state index contributed by atoms with van der Waals surface area (Å²) in [6.45, 7) is 2.05. The summed E-state index contributed by atoms with van der Waals surface area (Å²) in [5.41, 5.74) is 1.92. The van der Waals surface area contributed by atoms with Crippen molar-refractivity contribution in [3.63, 3.8) is 0 Å². The molecule has 0 bridgehead atoms.